The van der Waals surface area contributed by atoms with E-state index in [-0.39, 0.29) is 17.2 Å². The average molecular weight is 222 g/mol. The molecule has 1 saturated carbocycles. The van der Waals surface area contributed by atoms with Crippen LogP contribution in [-0.2, 0) is 4.79 Å². The van der Waals surface area contributed by atoms with E-state index in [0.29, 0.717) is 0 Å². The van der Waals surface area contributed by atoms with Crippen molar-refractivity contribution < 1.29 is 4.79 Å². The first kappa shape index (κ1) is 11.6. The minimum absolute atomic E-state index is 0.248. The molecule has 3 heteroatoms. The molecule has 3 nitrogen and oxygen atoms in total. The first-order chi connectivity index (χ1) is 7.59. The highest BCUT2D eigenvalue weighted by Gasteiger charge is 2.50. The van der Waals surface area contributed by atoms with Crippen LogP contribution in [0.25, 0.3) is 0 Å². The second kappa shape index (κ2) is 4.58. The second-order valence-electron chi connectivity index (χ2n) is 5.60. The maximum atomic E-state index is 11.7. The molecule has 16 heavy (non-hydrogen) atoms. The molecular weight excluding hydrogens is 200 g/mol. The van der Waals surface area contributed by atoms with Crippen LogP contribution in [0.15, 0.2) is 11.6 Å². The fraction of sp³-hybridized carbons (Fsp3) is 0.769. The van der Waals surface area contributed by atoms with Gasteiger partial charge in [-0.25, -0.2) is 0 Å². The molecule has 0 aromatic carbocycles. The van der Waals surface area contributed by atoms with E-state index < -0.39 is 0 Å². The van der Waals surface area contributed by atoms with Crippen LogP contribution in [0.5, 0.6) is 0 Å². The topological polar surface area (TPSA) is 41.1 Å². The normalized spacial score (nSPS) is 27.1. The Morgan fingerprint density at radius 1 is 1.62 bits per heavy atom. The highest BCUT2D eigenvalue weighted by Crippen LogP contribution is 2.51. The van der Waals surface area contributed by atoms with E-state index in [9.17, 15) is 4.79 Å². The lowest BCUT2D eigenvalue weighted by Gasteiger charge is -2.14. The minimum atomic E-state index is 0.248. The number of hydrogen-bond donors (Lipinski definition) is 2. The van der Waals surface area contributed by atoms with Gasteiger partial charge in [0, 0.05) is 19.0 Å². The first-order valence-corrected chi connectivity index (χ1v) is 6.26. The Morgan fingerprint density at radius 3 is 2.94 bits per heavy atom. The molecule has 2 N–H and O–H groups in total. The van der Waals surface area contributed by atoms with Crippen LogP contribution in [0.2, 0.25) is 0 Å². The Balaban J connectivity index is 1.65. The zero-order valence-electron chi connectivity index (χ0n) is 10.3. The molecule has 1 atom stereocenters. The molecule has 0 aromatic rings. The Hall–Kier alpha value is -0.830. The summed E-state index contributed by atoms with van der Waals surface area (Å²) in [5, 5.41) is 6.34. The number of rotatable bonds is 4. The van der Waals surface area contributed by atoms with Gasteiger partial charge in [-0.2, -0.15) is 0 Å². The number of carbonyl (C=O) groups is 1. The van der Waals surface area contributed by atoms with Crippen molar-refractivity contribution in [3.05, 3.63) is 11.6 Å². The molecule has 2 aliphatic rings. The summed E-state index contributed by atoms with van der Waals surface area (Å²) < 4.78 is 0. The molecule has 1 unspecified atom stereocenters. The van der Waals surface area contributed by atoms with Crippen LogP contribution in [0, 0.1) is 11.3 Å². The van der Waals surface area contributed by atoms with Crippen molar-refractivity contribution in [1.82, 2.24) is 10.6 Å². The van der Waals surface area contributed by atoms with Crippen LogP contribution in [0.4, 0.5) is 0 Å². The van der Waals surface area contributed by atoms with Gasteiger partial charge in [0.2, 0.25) is 5.91 Å². The summed E-state index contributed by atoms with van der Waals surface area (Å²) in [6.45, 7) is 7.19. The van der Waals surface area contributed by atoms with Gasteiger partial charge >= 0.3 is 0 Å². The van der Waals surface area contributed by atoms with Crippen LogP contribution < -0.4 is 10.6 Å². The monoisotopic (exact) mass is 222 g/mol. The molecule has 0 spiro atoms. The van der Waals surface area contributed by atoms with Crippen molar-refractivity contribution in [2.24, 2.45) is 11.3 Å². The number of carbonyl (C=O) groups excluding carboxylic acids is 1. The maximum Gasteiger partial charge on any atom is 0.223 e. The smallest absolute Gasteiger partial charge is 0.223 e. The summed E-state index contributed by atoms with van der Waals surface area (Å²) in [6.07, 6.45) is 5.44. The van der Waals surface area contributed by atoms with Gasteiger partial charge in [0.05, 0.1) is 0 Å². The van der Waals surface area contributed by atoms with E-state index in [1.165, 1.54) is 5.57 Å². The van der Waals surface area contributed by atoms with Crippen molar-refractivity contribution in [3.63, 3.8) is 0 Å². The number of hydrogen-bond acceptors (Lipinski definition) is 2. The fourth-order valence-electron chi connectivity index (χ4n) is 2.28. The van der Waals surface area contributed by atoms with Gasteiger partial charge in [0.25, 0.3) is 0 Å². The third-order valence-corrected chi connectivity index (χ3v) is 3.73. The lowest BCUT2D eigenvalue weighted by Crippen LogP contribution is -2.28. The van der Waals surface area contributed by atoms with Crippen molar-refractivity contribution in [2.45, 2.75) is 33.1 Å². The lowest BCUT2D eigenvalue weighted by molar-refractivity contribution is -0.122. The van der Waals surface area contributed by atoms with Gasteiger partial charge in [0.1, 0.15) is 0 Å². The van der Waals surface area contributed by atoms with Gasteiger partial charge in [-0.1, -0.05) is 25.5 Å². The van der Waals surface area contributed by atoms with E-state index in [4.69, 9.17) is 0 Å². The van der Waals surface area contributed by atoms with Crippen molar-refractivity contribution in [1.29, 1.82) is 0 Å². The highest BCUT2D eigenvalue weighted by molar-refractivity contribution is 5.82. The minimum Gasteiger partial charge on any atom is -0.356 e. The molecular formula is C13H22N2O. The third kappa shape index (κ3) is 2.85. The molecule has 1 amide bonds. The summed E-state index contributed by atoms with van der Waals surface area (Å²) in [5.74, 6) is 0.508. The van der Waals surface area contributed by atoms with E-state index in [1.54, 1.807) is 0 Å². The summed E-state index contributed by atoms with van der Waals surface area (Å²) >= 11 is 0. The summed E-state index contributed by atoms with van der Waals surface area (Å²) in [5.41, 5.74) is 1.73. The largest absolute Gasteiger partial charge is 0.356 e. The van der Waals surface area contributed by atoms with Crippen molar-refractivity contribution in [3.8, 4) is 0 Å². The molecule has 2 rings (SSSR count). The van der Waals surface area contributed by atoms with E-state index in [2.05, 4.69) is 30.6 Å². The van der Waals surface area contributed by atoms with Gasteiger partial charge in [-0.3, -0.25) is 4.79 Å². The second-order valence-corrected chi connectivity index (χ2v) is 5.60. The Bertz CT molecular complexity index is 307. The van der Waals surface area contributed by atoms with Gasteiger partial charge in [-0.15, -0.1) is 0 Å². The molecule has 0 saturated heterocycles. The van der Waals surface area contributed by atoms with Gasteiger partial charge in [0.15, 0.2) is 0 Å². The maximum absolute atomic E-state index is 11.7. The van der Waals surface area contributed by atoms with E-state index in [0.717, 1.165) is 38.9 Å². The molecule has 1 heterocycles. The number of nitrogens with one attached hydrogen (secondary N) is 2. The Labute approximate surface area is 97.7 Å². The van der Waals surface area contributed by atoms with Crippen LogP contribution in [0.3, 0.4) is 0 Å². The zero-order valence-corrected chi connectivity index (χ0v) is 10.3. The molecule has 0 bridgehead atoms. The summed E-state index contributed by atoms with van der Waals surface area (Å²) in [4.78, 5) is 11.7. The zero-order chi connectivity index (χ0) is 11.6. The predicted octanol–water partition coefficient (Wildman–Crippen LogP) is 1.46. The molecule has 0 radical (unpaired) electrons. The van der Waals surface area contributed by atoms with Crippen LogP contribution in [0.1, 0.15) is 33.1 Å². The molecule has 0 aromatic heterocycles. The SMILES string of the molecule is CC1(C)CC1C(=O)NCCC1=CCNCC1. The molecule has 1 aliphatic heterocycles. The van der Waals surface area contributed by atoms with Crippen LogP contribution >= 0.6 is 0 Å². The summed E-state index contributed by atoms with van der Waals surface area (Å²) in [7, 11) is 0. The van der Waals surface area contributed by atoms with Crippen molar-refractivity contribution >= 4 is 5.91 Å². The van der Waals surface area contributed by atoms with E-state index in [1.807, 2.05) is 0 Å². The molecule has 90 valence electrons. The Kier molecular flexibility index (Phi) is 3.33. The third-order valence-electron chi connectivity index (χ3n) is 3.73. The van der Waals surface area contributed by atoms with E-state index >= 15 is 0 Å². The predicted molar refractivity (Wildman–Crippen MR) is 65.1 cm³/mol. The van der Waals surface area contributed by atoms with Gasteiger partial charge < -0.3 is 10.6 Å². The lowest BCUT2D eigenvalue weighted by atomic mass is 10.1. The average Bonchev–Trinajstić information content (AvgIpc) is 2.89. The standard InChI is InChI=1S/C13H22N2O/c1-13(2)9-11(13)12(16)15-8-5-10-3-6-14-7-4-10/h3,11,14H,4-9H2,1-2H3,(H,15,16). The van der Waals surface area contributed by atoms with Crippen molar-refractivity contribution in [2.75, 3.05) is 19.6 Å². The summed E-state index contributed by atoms with van der Waals surface area (Å²) in [6, 6.07) is 0. The quantitative estimate of drug-likeness (QED) is 0.707. The Morgan fingerprint density at radius 2 is 2.38 bits per heavy atom. The van der Waals surface area contributed by atoms with Crippen LogP contribution in [-0.4, -0.2) is 25.5 Å². The number of amides is 1. The highest BCUT2D eigenvalue weighted by atomic mass is 16.2. The molecule has 1 aliphatic carbocycles. The van der Waals surface area contributed by atoms with Gasteiger partial charge in [-0.05, 0) is 31.2 Å². The first-order valence-electron chi connectivity index (χ1n) is 6.26. The fourth-order valence-corrected chi connectivity index (χ4v) is 2.28. The molecule has 1 fully saturated rings.